The number of unbranched alkanes of at least 4 members (excludes halogenated alkanes) is 4. The van der Waals surface area contributed by atoms with Gasteiger partial charge in [-0.2, -0.15) is 0 Å². The Morgan fingerprint density at radius 3 is 2.50 bits per heavy atom. The molecular weight excluding hydrogens is 254 g/mol. The van der Waals surface area contributed by atoms with Crippen LogP contribution >= 0.6 is 0 Å². The van der Waals surface area contributed by atoms with Crippen LogP contribution in [0, 0.1) is 5.92 Å². The number of hydrogen-bond acceptors (Lipinski definition) is 3. The van der Waals surface area contributed by atoms with Crippen LogP contribution in [0.15, 0.2) is 4.99 Å². The second kappa shape index (κ2) is 12.8. The van der Waals surface area contributed by atoms with Gasteiger partial charge in [-0.1, -0.05) is 33.1 Å². The van der Waals surface area contributed by atoms with E-state index in [0.717, 1.165) is 51.6 Å². The molecule has 0 bridgehead atoms. The molecule has 0 aromatic rings. The van der Waals surface area contributed by atoms with Gasteiger partial charge in [-0.05, 0) is 25.2 Å². The molecule has 0 aliphatic rings. The van der Waals surface area contributed by atoms with Crippen molar-refractivity contribution in [2.75, 3.05) is 20.2 Å². The van der Waals surface area contributed by atoms with Crippen LogP contribution in [0.2, 0.25) is 0 Å². The van der Waals surface area contributed by atoms with Crippen molar-refractivity contribution in [3.05, 3.63) is 0 Å². The summed E-state index contributed by atoms with van der Waals surface area (Å²) >= 11 is 0. The predicted octanol–water partition coefficient (Wildman–Crippen LogP) is 2.45. The number of nitrogens with two attached hydrogens (primary N) is 1. The third-order valence-electron chi connectivity index (χ3n) is 3.08. The molecule has 0 atom stereocenters. The Morgan fingerprint density at radius 1 is 1.20 bits per heavy atom. The molecule has 20 heavy (non-hydrogen) atoms. The first-order valence-electron chi connectivity index (χ1n) is 7.67. The second-order valence-corrected chi connectivity index (χ2v) is 5.47. The SMILES string of the molecule is COC(=O)CCCCCCCN=C(N)NCCC(C)C. The zero-order chi connectivity index (χ0) is 15.2. The topological polar surface area (TPSA) is 76.7 Å². The summed E-state index contributed by atoms with van der Waals surface area (Å²) in [7, 11) is 1.43. The first-order valence-corrected chi connectivity index (χ1v) is 7.67. The predicted molar refractivity (Wildman–Crippen MR) is 83.7 cm³/mol. The van der Waals surface area contributed by atoms with Crippen LogP contribution in [-0.2, 0) is 9.53 Å². The van der Waals surface area contributed by atoms with Crippen molar-refractivity contribution in [2.24, 2.45) is 16.6 Å². The number of ether oxygens (including phenoxy) is 1. The van der Waals surface area contributed by atoms with E-state index in [-0.39, 0.29) is 5.97 Å². The Hall–Kier alpha value is -1.26. The van der Waals surface area contributed by atoms with E-state index >= 15 is 0 Å². The molecule has 0 fully saturated rings. The fourth-order valence-corrected chi connectivity index (χ4v) is 1.76. The Balaban J connectivity index is 3.35. The number of aliphatic imine (C=N–C) groups is 1. The molecule has 0 spiro atoms. The minimum absolute atomic E-state index is 0.116. The summed E-state index contributed by atoms with van der Waals surface area (Å²) in [4.78, 5) is 15.2. The molecule has 3 N–H and O–H groups in total. The molecule has 0 amide bonds. The van der Waals surface area contributed by atoms with E-state index in [0.29, 0.717) is 18.3 Å². The average molecular weight is 285 g/mol. The molecule has 0 radical (unpaired) electrons. The number of guanidine groups is 1. The highest BCUT2D eigenvalue weighted by Crippen LogP contribution is 2.06. The summed E-state index contributed by atoms with van der Waals surface area (Å²) in [5.74, 6) is 1.12. The molecular formula is C15H31N3O2. The Bertz CT molecular complexity index is 278. The Morgan fingerprint density at radius 2 is 1.85 bits per heavy atom. The number of esters is 1. The van der Waals surface area contributed by atoms with Gasteiger partial charge in [0, 0.05) is 19.5 Å². The molecule has 0 heterocycles. The third-order valence-corrected chi connectivity index (χ3v) is 3.08. The van der Waals surface area contributed by atoms with Crippen LogP contribution < -0.4 is 11.1 Å². The summed E-state index contributed by atoms with van der Waals surface area (Å²) in [6.45, 7) is 6.04. The molecule has 0 unspecified atom stereocenters. The quantitative estimate of drug-likeness (QED) is 0.264. The van der Waals surface area contributed by atoms with Crippen LogP contribution in [0.25, 0.3) is 0 Å². The van der Waals surface area contributed by atoms with Gasteiger partial charge in [0.1, 0.15) is 0 Å². The molecule has 0 saturated carbocycles. The maximum atomic E-state index is 10.9. The summed E-state index contributed by atoms with van der Waals surface area (Å²) < 4.78 is 4.59. The number of carbonyl (C=O) groups is 1. The van der Waals surface area contributed by atoms with Crippen molar-refractivity contribution in [2.45, 2.75) is 58.8 Å². The van der Waals surface area contributed by atoms with Gasteiger partial charge < -0.3 is 15.8 Å². The number of carbonyl (C=O) groups excluding carboxylic acids is 1. The van der Waals surface area contributed by atoms with E-state index in [1.807, 2.05) is 0 Å². The van der Waals surface area contributed by atoms with Crippen molar-refractivity contribution in [3.63, 3.8) is 0 Å². The smallest absolute Gasteiger partial charge is 0.305 e. The molecule has 118 valence electrons. The van der Waals surface area contributed by atoms with Crippen molar-refractivity contribution in [1.82, 2.24) is 5.32 Å². The minimum Gasteiger partial charge on any atom is -0.469 e. The van der Waals surface area contributed by atoms with Gasteiger partial charge in [0.15, 0.2) is 5.96 Å². The maximum Gasteiger partial charge on any atom is 0.305 e. The van der Waals surface area contributed by atoms with E-state index in [9.17, 15) is 4.79 Å². The van der Waals surface area contributed by atoms with Crippen molar-refractivity contribution < 1.29 is 9.53 Å². The van der Waals surface area contributed by atoms with Gasteiger partial charge in [0.05, 0.1) is 7.11 Å². The highest BCUT2D eigenvalue weighted by molar-refractivity contribution is 5.77. The minimum atomic E-state index is -0.116. The number of hydrogen-bond donors (Lipinski definition) is 2. The second-order valence-electron chi connectivity index (χ2n) is 5.47. The van der Waals surface area contributed by atoms with E-state index in [2.05, 4.69) is 28.9 Å². The largest absolute Gasteiger partial charge is 0.469 e. The summed E-state index contributed by atoms with van der Waals surface area (Å²) in [5.41, 5.74) is 5.76. The van der Waals surface area contributed by atoms with Crippen LogP contribution in [0.1, 0.15) is 58.8 Å². The fourth-order valence-electron chi connectivity index (χ4n) is 1.76. The van der Waals surface area contributed by atoms with Crippen molar-refractivity contribution in [3.8, 4) is 0 Å². The average Bonchev–Trinajstić information content (AvgIpc) is 2.40. The molecule has 0 aromatic carbocycles. The van der Waals surface area contributed by atoms with Crippen LogP contribution in [0.5, 0.6) is 0 Å². The maximum absolute atomic E-state index is 10.9. The van der Waals surface area contributed by atoms with Gasteiger partial charge in [-0.15, -0.1) is 0 Å². The summed E-state index contributed by atoms with van der Waals surface area (Å²) in [6.07, 6.45) is 6.93. The molecule has 5 heteroatoms. The highest BCUT2D eigenvalue weighted by atomic mass is 16.5. The fraction of sp³-hybridized carbons (Fsp3) is 0.867. The Kier molecular flexibility index (Phi) is 12.0. The first-order chi connectivity index (χ1) is 9.56. The van der Waals surface area contributed by atoms with E-state index in [1.54, 1.807) is 0 Å². The molecule has 0 aromatic heterocycles. The normalized spacial score (nSPS) is 11.7. The standard InChI is InChI=1S/C15H31N3O2/c1-13(2)10-12-18-15(16)17-11-8-6-4-5-7-9-14(19)20-3/h13H,4-12H2,1-3H3,(H3,16,17,18). The lowest BCUT2D eigenvalue weighted by Gasteiger charge is -2.07. The number of nitrogens with zero attached hydrogens (tertiary/aromatic N) is 1. The van der Waals surface area contributed by atoms with Crippen LogP contribution in [0.4, 0.5) is 0 Å². The highest BCUT2D eigenvalue weighted by Gasteiger charge is 1.99. The zero-order valence-electron chi connectivity index (χ0n) is 13.3. The molecule has 0 saturated heterocycles. The first kappa shape index (κ1) is 18.7. The lowest BCUT2D eigenvalue weighted by Crippen LogP contribution is -2.33. The van der Waals surface area contributed by atoms with Gasteiger partial charge in [-0.3, -0.25) is 9.79 Å². The molecule has 0 aliphatic carbocycles. The number of nitrogens with one attached hydrogen (secondary N) is 1. The van der Waals surface area contributed by atoms with E-state index in [1.165, 1.54) is 7.11 Å². The van der Waals surface area contributed by atoms with Gasteiger partial charge in [-0.25, -0.2) is 0 Å². The number of methoxy groups -OCH3 is 1. The van der Waals surface area contributed by atoms with Crippen LogP contribution in [0.3, 0.4) is 0 Å². The monoisotopic (exact) mass is 285 g/mol. The van der Waals surface area contributed by atoms with Crippen molar-refractivity contribution in [1.29, 1.82) is 0 Å². The molecule has 0 aliphatic heterocycles. The molecule has 0 rings (SSSR count). The summed E-state index contributed by atoms with van der Waals surface area (Å²) in [5, 5.41) is 3.12. The van der Waals surface area contributed by atoms with Gasteiger partial charge in [0.25, 0.3) is 0 Å². The lowest BCUT2D eigenvalue weighted by atomic mass is 10.1. The van der Waals surface area contributed by atoms with E-state index in [4.69, 9.17) is 5.73 Å². The number of rotatable bonds is 11. The van der Waals surface area contributed by atoms with E-state index < -0.39 is 0 Å². The van der Waals surface area contributed by atoms with Crippen molar-refractivity contribution >= 4 is 11.9 Å². The Labute approximate surface area is 123 Å². The zero-order valence-corrected chi connectivity index (χ0v) is 13.3. The van der Waals surface area contributed by atoms with Crippen LogP contribution in [-0.4, -0.2) is 32.1 Å². The summed E-state index contributed by atoms with van der Waals surface area (Å²) in [6, 6.07) is 0. The van der Waals surface area contributed by atoms with Gasteiger partial charge in [0.2, 0.25) is 0 Å². The van der Waals surface area contributed by atoms with Gasteiger partial charge >= 0.3 is 5.97 Å². The third kappa shape index (κ3) is 13.2. The molecule has 5 nitrogen and oxygen atoms in total. The lowest BCUT2D eigenvalue weighted by molar-refractivity contribution is -0.140.